The van der Waals surface area contributed by atoms with E-state index in [4.69, 9.17) is 5.73 Å². The van der Waals surface area contributed by atoms with Gasteiger partial charge in [-0.05, 0) is 24.1 Å². The molecule has 0 radical (unpaired) electrons. The smallest absolute Gasteiger partial charge is 0.252 e. The molecule has 3 N–H and O–H groups in total. The average Bonchev–Trinajstić information content (AvgIpc) is 2.27. The highest BCUT2D eigenvalue weighted by Crippen LogP contribution is 2.39. The molecule has 0 aliphatic heterocycles. The maximum Gasteiger partial charge on any atom is 0.252 e. The van der Waals surface area contributed by atoms with Crippen molar-refractivity contribution >= 4 is 11.6 Å². The van der Waals surface area contributed by atoms with E-state index in [0.29, 0.717) is 0 Å². The predicted molar refractivity (Wildman–Crippen MR) is 69.0 cm³/mol. The fourth-order valence-electron chi connectivity index (χ4n) is 1.92. The maximum atomic E-state index is 12.6. The summed E-state index contributed by atoms with van der Waals surface area (Å²) in [5, 5.41) is 2.90. The van der Waals surface area contributed by atoms with Crippen LogP contribution in [0.25, 0.3) is 0 Å². The molecule has 1 aromatic carbocycles. The molecule has 0 spiro atoms. The minimum absolute atomic E-state index is 0.194. The maximum absolute atomic E-state index is 12.6. The van der Waals surface area contributed by atoms with Gasteiger partial charge in [-0.1, -0.05) is 19.1 Å². The van der Waals surface area contributed by atoms with Crippen LogP contribution in [-0.4, -0.2) is 17.9 Å². The first-order chi connectivity index (χ1) is 8.48. The number of nitrogens with two attached hydrogens (primary N) is 1. The van der Waals surface area contributed by atoms with Gasteiger partial charge in [0.05, 0.1) is 6.04 Å². The third kappa shape index (κ3) is 3.18. The summed E-state index contributed by atoms with van der Waals surface area (Å²) in [6.45, 7) is 2.08. The van der Waals surface area contributed by atoms with Gasteiger partial charge in [-0.3, -0.25) is 0 Å². The standard InChI is InChI=1S/C13H17F2N3/c1-2-9-3-5-10(6-4-9)17-12(16)18-11-7-13(14,15)8-11/h3-6,11H,2,7-8H2,1H3,(H3,16,17,18). The van der Waals surface area contributed by atoms with Gasteiger partial charge in [0.15, 0.2) is 5.96 Å². The van der Waals surface area contributed by atoms with Crippen LogP contribution in [0.3, 0.4) is 0 Å². The molecule has 0 aromatic heterocycles. The molecule has 0 bridgehead atoms. The van der Waals surface area contributed by atoms with E-state index >= 15 is 0 Å². The van der Waals surface area contributed by atoms with Crippen LogP contribution in [0.4, 0.5) is 14.5 Å². The quantitative estimate of drug-likeness (QED) is 0.643. The Hall–Kier alpha value is -1.65. The number of alkyl halides is 2. The van der Waals surface area contributed by atoms with Crippen molar-refractivity contribution in [1.82, 2.24) is 0 Å². The highest BCUT2D eigenvalue weighted by atomic mass is 19.3. The van der Waals surface area contributed by atoms with Crippen molar-refractivity contribution in [2.75, 3.05) is 5.32 Å². The van der Waals surface area contributed by atoms with Gasteiger partial charge in [-0.15, -0.1) is 0 Å². The molecule has 0 saturated heterocycles. The van der Waals surface area contributed by atoms with Gasteiger partial charge in [0.2, 0.25) is 0 Å². The van der Waals surface area contributed by atoms with Crippen molar-refractivity contribution in [2.45, 2.75) is 38.2 Å². The van der Waals surface area contributed by atoms with Crippen LogP contribution in [0.1, 0.15) is 25.3 Å². The topological polar surface area (TPSA) is 50.4 Å². The lowest BCUT2D eigenvalue weighted by Crippen LogP contribution is -2.40. The molecular weight excluding hydrogens is 236 g/mol. The van der Waals surface area contributed by atoms with Gasteiger partial charge >= 0.3 is 0 Å². The zero-order valence-corrected chi connectivity index (χ0v) is 10.3. The summed E-state index contributed by atoms with van der Waals surface area (Å²) in [7, 11) is 0. The zero-order valence-electron chi connectivity index (χ0n) is 10.3. The number of benzene rings is 1. The Morgan fingerprint density at radius 3 is 2.50 bits per heavy atom. The van der Waals surface area contributed by atoms with E-state index in [2.05, 4.69) is 17.2 Å². The van der Waals surface area contributed by atoms with Crippen LogP contribution in [0.5, 0.6) is 0 Å². The number of rotatable bonds is 3. The fraction of sp³-hybridized carbons (Fsp3) is 0.462. The second-order valence-electron chi connectivity index (χ2n) is 4.61. The van der Waals surface area contributed by atoms with E-state index in [1.54, 1.807) is 0 Å². The number of hydrogen-bond donors (Lipinski definition) is 2. The van der Waals surface area contributed by atoms with E-state index in [-0.39, 0.29) is 24.8 Å². The molecule has 1 aromatic rings. The van der Waals surface area contributed by atoms with Gasteiger partial charge in [0.25, 0.3) is 5.92 Å². The first-order valence-corrected chi connectivity index (χ1v) is 6.05. The van der Waals surface area contributed by atoms with Crippen LogP contribution in [0, 0.1) is 0 Å². The number of aliphatic imine (C=N–C) groups is 1. The molecule has 0 amide bonds. The molecule has 1 saturated carbocycles. The molecule has 3 nitrogen and oxygen atoms in total. The van der Waals surface area contributed by atoms with E-state index in [1.807, 2.05) is 24.3 Å². The van der Waals surface area contributed by atoms with Crippen molar-refractivity contribution < 1.29 is 8.78 Å². The lowest BCUT2D eigenvalue weighted by atomic mass is 9.89. The van der Waals surface area contributed by atoms with Gasteiger partial charge in [0, 0.05) is 18.5 Å². The van der Waals surface area contributed by atoms with Gasteiger partial charge < -0.3 is 11.1 Å². The van der Waals surface area contributed by atoms with E-state index in [9.17, 15) is 8.78 Å². The minimum atomic E-state index is -2.56. The third-order valence-electron chi connectivity index (χ3n) is 3.02. The van der Waals surface area contributed by atoms with E-state index < -0.39 is 5.92 Å². The molecule has 18 heavy (non-hydrogen) atoms. The van der Waals surface area contributed by atoms with Crippen molar-refractivity contribution in [3.8, 4) is 0 Å². The number of anilines is 1. The van der Waals surface area contributed by atoms with E-state index in [1.165, 1.54) is 5.56 Å². The molecule has 1 fully saturated rings. The third-order valence-corrected chi connectivity index (χ3v) is 3.02. The fourth-order valence-corrected chi connectivity index (χ4v) is 1.92. The van der Waals surface area contributed by atoms with Crippen LogP contribution < -0.4 is 11.1 Å². The summed E-state index contributed by atoms with van der Waals surface area (Å²) in [6.07, 6.45) is 0.565. The Morgan fingerprint density at radius 2 is 2.00 bits per heavy atom. The van der Waals surface area contributed by atoms with Crippen molar-refractivity contribution in [3.05, 3.63) is 29.8 Å². The second-order valence-corrected chi connectivity index (χ2v) is 4.61. The molecule has 0 heterocycles. The minimum Gasteiger partial charge on any atom is -0.370 e. The SMILES string of the molecule is CCc1ccc(NC(N)=NC2CC(F)(F)C2)cc1. The van der Waals surface area contributed by atoms with Crippen molar-refractivity contribution in [3.63, 3.8) is 0 Å². The van der Waals surface area contributed by atoms with Crippen LogP contribution in [0.15, 0.2) is 29.3 Å². The Bertz CT molecular complexity index is 432. The van der Waals surface area contributed by atoms with Crippen LogP contribution in [-0.2, 0) is 6.42 Å². The van der Waals surface area contributed by atoms with Gasteiger partial charge in [0.1, 0.15) is 0 Å². The largest absolute Gasteiger partial charge is 0.370 e. The molecule has 2 rings (SSSR count). The van der Waals surface area contributed by atoms with Crippen molar-refractivity contribution in [1.29, 1.82) is 0 Å². The van der Waals surface area contributed by atoms with Crippen LogP contribution in [0.2, 0.25) is 0 Å². The summed E-state index contributed by atoms with van der Waals surface area (Å²) < 4.78 is 25.2. The Labute approximate surface area is 105 Å². The van der Waals surface area contributed by atoms with E-state index in [0.717, 1.165) is 12.1 Å². The number of halogens is 2. The first-order valence-electron chi connectivity index (χ1n) is 6.05. The number of hydrogen-bond acceptors (Lipinski definition) is 1. The summed E-state index contributed by atoms with van der Waals surface area (Å²) in [6, 6.07) is 7.43. The summed E-state index contributed by atoms with van der Waals surface area (Å²) in [4.78, 5) is 4.02. The highest BCUT2D eigenvalue weighted by molar-refractivity contribution is 5.92. The molecule has 0 unspecified atom stereocenters. The lowest BCUT2D eigenvalue weighted by molar-refractivity contribution is -0.0834. The average molecular weight is 253 g/mol. The normalized spacial score (nSPS) is 19.4. The Morgan fingerprint density at radius 1 is 1.39 bits per heavy atom. The van der Waals surface area contributed by atoms with Gasteiger partial charge in [-0.2, -0.15) is 0 Å². The number of nitrogens with one attached hydrogen (secondary N) is 1. The number of nitrogens with zero attached hydrogens (tertiary/aromatic N) is 1. The van der Waals surface area contributed by atoms with Crippen molar-refractivity contribution in [2.24, 2.45) is 10.7 Å². The van der Waals surface area contributed by atoms with Crippen LogP contribution >= 0.6 is 0 Å². The summed E-state index contributed by atoms with van der Waals surface area (Å²) in [5.41, 5.74) is 7.72. The number of aryl methyl sites for hydroxylation is 1. The monoisotopic (exact) mass is 253 g/mol. The molecule has 98 valence electrons. The Kier molecular flexibility index (Phi) is 3.50. The second kappa shape index (κ2) is 4.92. The summed E-state index contributed by atoms with van der Waals surface area (Å²) >= 11 is 0. The lowest BCUT2D eigenvalue weighted by Gasteiger charge is -2.32. The molecule has 5 heteroatoms. The molecule has 1 aliphatic rings. The zero-order chi connectivity index (χ0) is 13.2. The highest BCUT2D eigenvalue weighted by Gasteiger charge is 2.45. The number of guanidine groups is 1. The molecular formula is C13H17F2N3. The molecule has 0 atom stereocenters. The Balaban J connectivity index is 1.90. The molecule has 1 aliphatic carbocycles. The summed E-state index contributed by atoms with van der Waals surface area (Å²) in [5.74, 6) is -2.36. The first kappa shape index (κ1) is 12.8. The van der Waals surface area contributed by atoms with Gasteiger partial charge in [-0.25, -0.2) is 13.8 Å². The predicted octanol–water partition coefficient (Wildman–Crippen LogP) is 2.77.